The van der Waals surface area contributed by atoms with Crippen LogP contribution in [-0.4, -0.2) is 51.3 Å². The van der Waals surface area contributed by atoms with Crippen molar-refractivity contribution in [1.82, 2.24) is 30.5 Å². The Kier molecular flexibility index (Phi) is 7.87. The lowest BCUT2D eigenvalue weighted by atomic mass is 9.82. The molecule has 10 nitrogen and oxygen atoms in total. The maximum absolute atomic E-state index is 13.6. The number of tetrazole rings is 1. The van der Waals surface area contributed by atoms with Crippen molar-refractivity contribution in [3.8, 4) is 17.1 Å². The van der Waals surface area contributed by atoms with E-state index in [0.717, 1.165) is 25.7 Å². The lowest BCUT2D eigenvalue weighted by Crippen LogP contribution is -2.25. The molecule has 3 aromatic rings. The molecule has 190 valence electrons. The predicted octanol–water partition coefficient (Wildman–Crippen LogP) is 3.10. The van der Waals surface area contributed by atoms with Gasteiger partial charge in [0.2, 0.25) is 5.82 Å². The molecule has 1 fully saturated rings. The number of aromatic nitrogens is 5. The third kappa shape index (κ3) is 6.02. The number of halogens is 1. The van der Waals surface area contributed by atoms with E-state index in [0.29, 0.717) is 35.1 Å². The van der Waals surface area contributed by atoms with Crippen LogP contribution in [0.25, 0.3) is 11.4 Å². The summed E-state index contributed by atoms with van der Waals surface area (Å²) in [6, 6.07) is 7.83. The average Bonchev–Trinajstić information content (AvgIpc) is 3.36. The molecule has 36 heavy (non-hydrogen) atoms. The van der Waals surface area contributed by atoms with E-state index >= 15 is 0 Å². The minimum Gasteiger partial charge on any atom is -0.494 e. The quantitative estimate of drug-likeness (QED) is 0.472. The fraction of sp³-hybridized carbons (Fsp3) is 0.440. The van der Waals surface area contributed by atoms with Crippen molar-refractivity contribution in [2.75, 3.05) is 14.2 Å². The maximum atomic E-state index is 13.6. The summed E-state index contributed by atoms with van der Waals surface area (Å²) in [5, 5.41) is 15.6. The van der Waals surface area contributed by atoms with Gasteiger partial charge in [0, 0.05) is 17.8 Å². The third-order valence-corrected chi connectivity index (χ3v) is 6.37. The summed E-state index contributed by atoms with van der Waals surface area (Å²) >= 11 is 0. The molecule has 2 heterocycles. The second-order valence-corrected chi connectivity index (χ2v) is 8.94. The van der Waals surface area contributed by atoms with Crippen molar-refractivity contribution in [1.29, 1.82) is 0 Å². The van der Waals surface area contributed by atoms with Crippen LogP contribution in [-0.2, 0) is 22.6 Å². The molecule has 4 rings (SSSR count). The van der Waals surface area contributed by atoms with Crippen LogP contribution in [0.3, 0.4) is 0 Å². The van der Waals surface area contributed by atoms with E-state index in [1.165, 1.54) is 26.4 Å². The zero-order valence-electron chi connectivity index (χ0n) is 20.5. The van der Waals surface area contributed by atoms with Crippen LogP contribution in [0.2, 0.25) is 0 Å². The molecule has 1 aliphatic rings. The van der Waals surface area contributed by atoms with Gasteiger partial charge in [-0.05, 0) is 73.6 Å². The fourth-order valence-corrected chi connectivity index (χ4v) is 4.42. The zero-order valence-corrected chi connectivity index (χ0v) is 20.5. The number of amides is 1. The summed E-state index contributed by atoms with van der Waals surface area (Å²) in [5.41, 5.74) is 2.19. The number of carbonyl (C=O) groups excluding carboxylic acids is 2. The van der Waals surface area contributed by atoms with Gasteiger partial charge in [0.05, 0.1) is 26.7 Å². The third-order valence-electron chi connectivity index (χ3n) is 6.37. The van der Waals surface area contributed by atoms with E-state index in [9.17, 15) is 14.0 Å². The molecular formula is C25H29FN6O4. The Morgan fingerprint density at radius 3 is 2.64 bits per heavy atom. The molecule has 0 radical (unpaired) electrons. The first-order valence-electron chi connectivity index (χ1n) is 11.8. The molecule has 2 aromatic heterocycles. The minimum absolute atomic E-state index is 0.0278. The van der Waals surface area contributed by atoms with Gasteiger partial charge < -0.3 is 14.8 Å². The molecule has 1 N–H and O–H groups in total. The zero-order chi connectivity index (χ0) is 25.7. The van der Waals surface area contributed by atoms with E-state index in [2.05, 4.69) is 25.7 Å². The molecule has 0 spiro atoms. The number of methoxy groups -OCH3 is 2. The Balaban J connectivity index is 1.39. The maximum Gasteiger partial charge on any atom is 0.308 e. The van der Waals surface area contributed by atoms with Crippen LogP contribution in [0, 0.1) is 24.6 Å². The molecular weight excluding hydrogens is 467 g/mol. The Labute approximate surface area is 208 Å². The van der Waals surface area contributed by atoms with Crippen molar-refractivity contribution in [2.24, 2.45) is 11.8 Å². The van der Waals surface area contributed by atoms with Crippen LogP contribution < -0.4 is 10.1 Å². The van der Waals surface area contributed by atoms with Crippen molar-refractivity contribution >= 4 is 11.9 Å². The van der Waals surface area contributed by atoms with E-state index in [1.54, 1.807) is 29.9 Å². The number of pyridine rings is 1. The SMILES string of the molecule is COC(=O)C1CCC(Cn2nnc(-c3cc(C)nc(C(=O)NCc4ccc(F)c(OC)c4)c3)n2)CC1. The number of rotatable bonds is 8. The number of benzene rings is 1. The molecule has 11 heteroatoms. The van der Waals surface area contributed by atoms with Crippen LogP contribution in [0.4, 0.5) is 4.39 Å². The molecule has 0 atom stereocenters. The Morgan fingerprint density at radius 2 is 1.92 bits per heavy atom. The summed E-state index contributed by atoms with van der Waals surface area (Å²) in [5.74, 6) is -0.132. The molecule has 0 saturated heterocycles. The molecule has 1 saturated carbocycles. The van der Waals surface area contributed by atoms with E-state index in [4.69, 9.17) is 9.47 Å². The average molecular weight is 497 g/mol. The largest absolute Gasteiger partial charge is 0.494 e. The predicted molar refractivity (Wildman–Crippen MR) is 127 cm³/mol. The van der Waals surface area contributed by atoms with Gasteiger partial charge >= 0.3 is 5.97 Å². The first-order chi connectivity index (χ1) is 17.4. The van der Waals surface area contributed by atoms with Crippen molar-refractivity contribution in [2.45, 2.75) is 45.7 Å². The van der Waals surface area contributed by atoms with Crippen molar-refractivity contribution in [3.05, 3.63) is 53.1 Å². The molecule has 0 bridgehead atoms. The van der Waals surface area contributed by atoms with E-state index < -0.39 is 5.82 Å². The highest BCUT2D eigenvalue weighted by atomic mass is 19.1. The van der Waals surface area contributed by atoms with Gasteiger partial charge in [-0.15, -0.1) is 10.2 Å². The molecule has 0 aliphatic heterocycles. The first kappa shape index (κ1) is 25.2. The number of esters is 1. The standard InChI is InChI=1S/C25H29FN6O4/c1-15-10-19(12-21(28-15)24(33)27-13-17-6-9-20(26)22(11-17)35-2)23-29-31-32(30-23)14-16-4-7-18(8-5-16)25(34)36-3/h6,9-12,16,18H,4-5,7-8,13-14H2,1-3H3,(H,27,33). The lowest BCUT2D eigenvalue weighted by molar-refractivity contribution is -0.146. The lowest BCUT2D eigenvalue weighted by Gasteiger charge is -2.26. The number of nitrogens with one attached hydrogen (secondary N) is 1. The minimum atomic E-state index is -0.466. The van der Waals surface area contributed by atoms with Crippen molar-refractivity contribution in [3.63, 3.8) is 0 Å². The summed E-state index contributed by atoms with van der Waals surface area (Å²) in [4.78, 5) is 30.4. The highest BCUT2D eigenvalue weighted by molar-refractivity contribution is 5.93. The van der Waals surface area contributed by atoms with Crippen LogP contribution in [0.5, 0.6) is 5.75 Å². The number of aryl methyl sites for hydroxylation is 1. The molecule has 1 aliphatic carbocycles. The number of hydrogen-bond acceptors (Lipinski definition) is 8. The monoisotopic (exact) mass is 496 g/mol. The number of hydrogen-bond donors (Lipinski definition) is 1. The van der Waals surface area contributed by atoms with Crippen LogP contribution in [0.15, 0.2) is 30.3 Å². The summed E-state index contributed by atoms with van der Waals surface area (Å²) in [6.07, 6.45) is 3.39. The van der Waals surface area contributed by atoms with Crippen molar-refractivity contribution < 1.29 is 23.5 Å². The Bertz CT molecular complexity index is 1240. The van der Waals surface area contributed by atoms with Gasteiger partial charge in [-0.2, -0.15) is 4.80 Å². The van der Waals surface area contributed by atoms with Gasteiger partial charge in [-0.1, -0.05) is 6.07 Å². The first-order valence-corrected chi connectivity index (χ1v) is 11.8. The van der Waals surface area contributed by atoms with E-state index in [1.807, 2.05) is 0 Å². The summed E-state index contributed by atoms with van der Waals surface area (Å²) in [7, 11) is 2.81. The molecule has 1 amide bonds. The van der Waals surface area contributed by atoms with Gasteiger partial charge in [0.25, 0.3) is 5.91 Å². The van der Waals surface area contributed by atoms with Crippen LogP contribution in [0.1, 0.15) is 47.4 Å². The van der Waals surface area contributed by atoms with Gasteiger partial charge in [0.15, 0.2) is 11.6 Å². The number of nitrogens with zero attached hydrogens (tertiary/aromatic N) is 5. The molecule has 1 aromatic carbocycles. The van der Waals surface area contributed by atoms with Gasteiger partial charge in [-0.25, -0.2) is 9.37 Å². The summed E-state index contributed by atoms with van der Waals surface area (Å²) in [6.45, 7) is 2.59. The number of ether oxygens (including phenoxy) is 2. The fourth-order valence-electron chi connectivity index (χ4n) is 4.42. The number of carbonyl (C=O) groups is 2. The second-order valence-electron chi connectivity index (χ2n) is 8.94. The Hall–Kier alpha value is -3.89. The Morgan fingerprint density at radius 1 is 1.14 bits per heavy atom. The normalized spacial score (nSPS) is 17.4. The topological polar surface area (TPSA) is 121 Å². The highest BCUT2D eigenvalue weighted by Gasteiger charge is 2.27. The van der Waals surface area contributed by atoms with Gasteiger partial charge in [0.1, 0.15) is 5.69 Å². The summed E-state index contributed by atoms with van der Waals surface area (Å²) < 4.78 is 23.5. The second kappa shape index (κ2) is 11.2. The molecule has 0 unspecified atom stereocenters. The smallest absolute Gasteiger partial charge is 0.308 e. The van der Waals surface area contributed by atoms with Crippen LogP contribution >= 0.6 is 0 Å². The van der Waals surface area contributed by atoms with E-state index in [-0.39, 0.29) is 35.8 Å². The van der Waals surface area contributed by atoms with Gasteiger partial charge in [-0.3, -0.25) is 9.59 Å². The highest BCUT2D eigenvalue weighted by Crippen LogP contribution is 2.30.